The van der Waals surface area contributed by atoms with E-state index in [9.17, 15) is 14.4 Å². The number of methoxy groups -OCH3 is 2. The molecule has 1 aromatic carbocycles. The lowest BCUT2D eigenvalue weighted by molar-refractivity contribution is -0.140. The number of esters is 1. The van der Waals surface area contributed by atoms with Crippen LogP contribution in [0.3, 0.4) is 0 Å². The number of unbranched alkanes of at least 4 members (excludes halogenated alkanes) is 3. The van der Waals surface area contributed by atoms with Gasteiger partial charge in [-0.15, -0.1) is 0 Å². The molecule has 2 fully saturated rings. The topological polar surface area (TPSA) is 97.0 Å². The van der Waals surface area contributed by atoms with E-state index in [-0.39, 0.29) is 23.8 Å². The first-order chi connectivity index (χ1) is 16.8. The number of amides is 2. The summed E-state index contributed by atoms with van der Waals surface area (Å²) in [5.41, 5.74) is 0.784. The number of anilines is 1. The van der Waals surface area contributed by atoms with Crippen molar-refractivity contribution in [1.82, 2.24) is 10.2 Å². The van der Waals surface area contributed by atoms with Gasteiger partial charge in [0.2, 0.25) is 5.91 Å². The molecule has 2 unspecified atom stereocenters. The van der Waals surface area contributed by atoms with E-state index in [0.29, 0.717) is 40.5 Å². The van der Waals surface area contributed by atoms with Crippen LogP contribution in [-0.4, -0.2) is 61.6 Å². The largest absolute Gasteiger partial charge is 0.496 e. The Morgan fingerprint density at radius 3 is 2.37 bits per heavy atom. The highest BCUT2D eigenvalue weighted by molar-refractivity contribution is 6.34. The van der Waals surface area contributed by atoms with Crippen LogP contribution in [0, 0.1) is 0 Å². The predicted molar refractivity (Wildman–Crippen MR) is 136 cm³/mol. The van der Waals surface area contributed by atoms with E-state index >= 15 is 0 Å². The quantitative estimate of drug-likeness (QED) is 0.337. The Morgan fingerprint density at radius 2 is 1.74 bits per heavy atom. The fraction of sp³-hybridized carbons (Fsp3) is 0.654. The van der Waals surface area contributed by atoms with Crippen LogP contribution in [0.15, 0.2) is 12.1 Å². The van der Waals surface area contributed by atoms with Crippen molar-refractivity contribution in [2.75, 3.05) is 26.1 Å². The van der Waals surface area contributed by atoms with Crippen LogP contribution >= 0.6 is 11.6 Å². The van der Waals surface area contributed by atoms with Gasteiger partial charge in [-0.25, -0.2) is 0 Å². The third-order valence-electron chi connectivity index (χ3n) is 7.08. The number of benzene rings is 1. The molecule has 2 N–H and O–H groups in total. The third-order valence-corrected chi connectivity index (χ3v) is 7.39. The van der Waals surface area contributed by atoms with Gasteiger partial charge in [-0.05, 0) is 51.1 Å². The Hall–Kier alpha value is -2.32. The number of nitrogens with zero attached hydrogens (tertiary/aromatic N) is 1. The minimum Gasteiger partial charge on any atom is -0.496 e. The summed E-state index contributed by atoms with van der Waals surface area (Å²) in [5, 5.41) is 6.16. The van der Waals surface area contributed by atoms with Crippen LogP contribution in [0.5, 0.6) is 5.75 Å². The molecule has 1 aromatic rings. The molecule has 2 aliphatic heterocycles. The molecule has 0 radical (unpaired) electrons. The second-order valence-electron chi connectivity index (χ2n) is 9.57. The number of hydrogen-bond donors (Lipinski definition) is 2. The number of halogens is 1. The molecular formula is C26H38ClN3O5. The van der Waals surface area contributed by atoms with Crippen molar-refractivity contribution < 1.29 is 23.9 Å². The SMILES string of the molecule is COC(=O)CCCCCCN1C2CCCC1CC(NC(=O)c1cc(Cl)c(NC(C)=O)cc1OC)C2. The number of piperidine rings is 2. The lowest BCUT2D eigenvalue weighted by Crippen LogP contribution is -2.57. The van der Waals surface area contributed by atoms with Crippen LogP contribution in [0.2, 0.25) is 5.02 Å². The van der Waals surface area contributed by atoms with Crippen molar-refractivity contribution in [1.29, 1.82) is 0 Å². The maximum atomic E-state index is 13.1. The Bertz CT molecular complexity index is 895. The fourth-order valence-electron chi connectivity index (χ4n) is 5.43. The zero-order valence-corrected chi connectivity index (χ0v) is 21.8. The first-order valence-electron chi connectivity index (χ1n) is 12.6. The average Bonchev–Trinajstić information content (AvgIpc) is 2.81. The standard InChI is InChI=1S/C26H38ClN3O5/c1-17(31)28-23-16-24(34-2)21(15-22(23)27)26(33)29-18-13-19-9-8-10-20(14-18)30(19)12-7-5-4-6-11-25(32)35-3/h15-16,18-20H,4-14H2,1-3H3,(H,28,31)(H,29,33). The number of nitrogens with one attached hydrogen (secondary N) is 2. The summed E-state index contributed by atoms with van der Waals surface area (Å²) in [6, 6.07) is 4.21. The number of carbonyl (C=O) groups excluding carboxylic acids is 3. The molecule has 2 atom stereocenters. The molecule has 0 spiro atoms. The van der Waals surface area contributed by atoms with E-state index in [1.807, 2.05) is 0 Å². The molecule has 2 aliphatic rings. The van der Waals surface area contributed by atoms with Gasteiger partial charge in [-0.3, -0.25) is 19.3 Å². The second kappa shape index (κ2) is 13.1. The van der Waals surface area contributed by atoms with Gasteiger partial charge in [0.15, 0.2) is 0 Å². The lowest BCUT2D eigenvalue weighted by Gasteiger charge is -2.49. The fourth-order valence-corrected chi connectivity index (χ4v) is 5.64. The van der Waals surface area contributed by atoms with Crippen LogP contribution in [0.25, 0.3) is 0 Å². The Balaban J connectivity index is 1.54. The van der Waals surface area contributed by atoms with Gasteiger partial charge in [-0.2, -0.15) is 0 Å². The molecule has 3 rings (SSSR count). The van der Waals surface area contributed by atoms with Crippen molar-refractivity contribution in [3.63, 3.8) is 0 Å². The van der Waals surface area contributed by atoms with Crippen molar-refractivity contribution in [3.8, 4) is 5.75 Å². The van der Waals surface area contributed by atoms with E-state index in [4.69, 9.17) is 21.1 Å². The summed E-state index contributed by atoms with van der Waals surface area (Å²) < 4.78 is 10.1. The molecule has 9 heteroatoms. The lowest BCUT2D eigenvalue weighted by atomic mass is 9.81. The number of rotatable bonds is 11. The van der Waals surface area contributed by atoms with Gasteiger partial charge in [0.05, 0.1) is 30.5 Å². The number of hydrogen-bond acceptors (Lipinski definition) is 6. The Kier molecular flexibility index (Phi) is 10.2. The summed E-state index contributed by atoms with van der Waals surface area (Å²) in [7, 11) is 2.93. The summed E-state index contributed by atoms with van der Waals surface area (Å²) in [5.74, 6) is -0.210. The van der Waals surface area contributed by atoms with Gasteiger partial charge in [0.25, 0.3) is 5.91 Å². The first-order valence-corrected chi connectivity index (χ1v) is 13.0. The van der Waals surface area contributed by atoms with Crippen molar-refractivity contribution >= 4 is 35.1 Å². The van der Waals surface area contributed by atoms with Crippen LogP contribution < -0.4 is 15.4 Å². The van der Waals surface area contributed by atoms with Crippen LogP contribution in [0.1, 0.15) is 81.5 Å². The first kappa shape index (κ1) is 27.3. The molecule has 0 aliphatic carbocycles. The van der Waals surface area contributed by atoms with E-state index in [2.05, 4.69) is 15.5 Å². The number of fused-ring (bicyclic) bond motifs is 2. The highest BCUT2D eigenvalue weighted by Crippen LogP contribution is 2.35. The number of ether oxygens (including phenoxy) is 2. The second-order valence-corrected chi connectivity index (χ2v) is 9.98. The number of carbonyl (C=O) groups is 3. The maximum absolute atomic E-state index is 13.1. The molecule has 35 heavy (non-hydrogen) atoms. The zero-order chi connectivity index (χ0) is 25.4. The molecule has 2 bridgehead atoms. The van der Waals surface area contributed by atoms with E-state index in [1.165, 1.54) is 27.6 Å². The van der Waals surface area contributed by atoms with Crippen LogP contribution in [-0.2, 0) is 14.3 Å². The highest BCUT2D eigenvalue weighted by Gasteiger charge is 2.38. The Labute approximate surface area is 213 Å². The smallest absolute Gasteiger partial charge is 0.305 e. The van der Waals surface area contributed by atoms with Crippen molar-refractivity contribution in [3.05, 3.63) is 22.7 Å². The highest BCUT2D eigenvalue weighted by atomic mass is 35.5. The van der Waals surface area contributed by atoms with Gasteiger partial charge in [0, 0.05) is 37.5 Å². The average molecular weight is 508 g/mol. The van der Waals surface area contributed by atoms with Crippen molar-refractivity contribution in [2.45, 2.75) is 89.3 Å². The van der Waals surface area contributed by atoms with Gasteiger partial charge < -0.3 is 20.1 Å². The molecule has 2 heterocycles. The predicted octanol–water partition coefficient (Wildman–Crippen LogP) is 4.55. The summed E-state index contributed by atoms with van der Waals surface area (Å²) in [4.78, 5) is 38.4. The van der Waals surface area contributed by atoms with Crippen molar-refractivity contribution in [2.24, 2.45) is 0 Å². The van der Waals surface area contributed by atoms with E-state index in [1.54, 1.807) is 12.1 Å². The van der Waals surface area contributed by atoms with Crippen LogP contribution in [0.4, 0.5) is 5.69 Å². The zero-order valence-electron chi connectivity index (χ0n) is 21.0. The molecule has 8 nitrogen and oxygen atoms in total. The minimum atomic E-state index is -0.245. The molecule has 2 saturated heterocycles. The molecular weight excluding hydrogens is 470 g/mol. The molecule has 194 valence electrons. The molecule has 0 aromatic heterocycles. The minimum absolute atomic E-state index is 0.104. The third kappa shape index (κ3) is 7.58. The Morgan fingerprint density at radius 1 is 1.06 bits per heavy atom. The molecule has 0 saturated carbocycles. The summed E-state index contributed by atoms with van der Waals surface area (Å²) >= 11 is 6.31. The van der Waals surface area contributed by atoms with Gasteiger partial charge in [0.1, 0.15) is 5.75 Å². The monoisotopic (exact) mass is 507 g/mol. The van der Waals surface area contributed by atoms with Gasteiger partial charge >= 0.3 is 5.97 Å². The molecule has 2 amide bonds. The summed E-state index contributed by atoms with van der Waals surface area (Å²) in [6.45, 7) is 2.47. The summed E-state index contributed by atoms with van der Waals surface area (Å²) in [6.07, 6.45) is 10.1. The normalized spacial score (nSPS) is 21.8. The maximum Gasteiger partial charge on any atom is 0.305 e. The van der Waals surface area contributed by atoms with Gasteiger partial charge in [-0.1, -0.05) is 30.9 Å². The van der Waals surface area contributed by atoms with E-state index in [0.717, 1.165) is 57.9 Å². The van der Waals surface area contributed by atoms with E-state index < -0.39 is 0 Å².